The van der Waals surface area contributed by atoms with E-state index in [1.54, 1.807) is 12.1 Å². The Kier molecular flexibility index (Phi) is 5.72. The SMILES string of the molecule is O=C(Nc1nnc(CCCc2ccccc2)s1)c1ccc(Br)cc1. The second-order valence-electron chi connectivity index (χ2n) is 5.30. The molecule has 0 unspecified atom stereocenters. The van der Waals surface area contributed by atoms with Gasteiger partial charge in [-0.25, -0.2) is 0 Å². The quantitative estimate of drug-likeness (QED) is 0.649. The summed E-state index contributed by atoms with van der Waals surface area (Å²) in [5.41, 5.74) is 1.92. The van der Waals surface area contributed by atoms with Crippen LogP contribution in [0.4, 0.5) is 5.13 Å². The van der Waals surface area contributed by atoms with Gasteiger partial charge in [0.2, 0.25) is 5.13 Å². The summed E-state index contributed by atoms with van der Waals surface area (Å²) in [7, 11) is 0. The predicted octanol–water partition coefficient (Wildman–Crippen LogP) is 4.73. The van der Waals surface area contributed by atoms with Crippen LogP contribution in [0.3, 0.4) is 0 Å². The monoisotopic (exact) mass is 401 g/mol. The first kappa shape index (κ1) is 16.8. The summed E-state index contributed by atoms with van der Waals surface area (Å²) in [4.78, 5) is 12.1. The van der Waals surface area contributed by atoms with E-state index >= 15 is 0 Å². The van der Waals surface area contributed by atoms with Crippen LogP contribution in [0, 0.1) is 0 Å². The molecule has 6 heteroatoms. The van der Waals surface area contributed by atoms with Gasteiger partial charge in [0.1, 0.15) is 5.01 Å². The van der Waals surface area contributed by atoms with Gasteiger partial charge in [0.15, 0.2) is 0 Å². The molecule has 4 nitrogen and oxygen atoms in total. The number of amides is 1. The number of carbonyl (C=O) groups is 1. The van der Waals surface area contributed by atoms with Gasteiger partial charge in [0.05, 0.1) is 0 Å². The average Bonchev–Trinajstić information content (AvgIpc) is 3.04. The van der Waals surface area contributed by atoms with Gasteiger partial charge >= 0.3 is 0 Å². The summed E-state index contributed by atoms with van der Waals surface area (Å²) >= 11 is 4.78. The number of hydrogen-bond donors (Lipinski definition) is 1. The molecule has 0 spiro atoms. The minimum absolute atomic E-state index is 0.172. The van der Waals surface area contributed by atoms with Gasteiger partial charge in [-0.05, 0) is 42.7 Å². The smallest absolute Gasteiger partial charge is 0.257 e. The first-order chi connectivity index (χ1) is 11.7. The minimum atomic E-state index is -0.172. The Hall–Kier alpha value is -2.05. The first-order valence-electron chi connectivity index (χ1n) is 7.64. The molecule has 24 heavy (non-hydrogen) atoms. The van der Waals surface area contributed by atoms with Crippen molar-refractivity contribution in [2.45, 2.75) is 19.3 Å². The van der Waals surface area contributed by atoms with E-state index in [1.165, 1.54) is 16.9 Å². The Morgan fingerprint density at radius 3 is 2.50 bits per heavy atom. The molecule has 0 aliphatic carbocycles. The molecule has 0 aliphatic heterocycles. The van der Waals surface area contributed by atoms with Crippen molar-refractivity contribution in [3.8, 4) is 0 Å². The molecule has 3 rings (SSSR count). The van der Waals surface area contributed by atoms with Gasteiger partial charge in [0.25, 0.3) is 5.91 Å². The van der Waals surface area contributed by atoms with E-state index in [2.05, 4.69) is 55.7 Å². The van der Waals surface area contributed by atoms with Crippen molar-refractivity contribution in [2.24, 2.45) is 0 Å². The summed E-state index contributed by atoms with van der Waals surface area (Å²) < 4.78 is 0.940. The van der Waals surface area contributed by atoms with Crippen LogP contribution in [-0.2, 0) is 12.8 Å². The molecule has 1 heterocycles. The zero-order chi connectivity index (χ0) is 16.8. The molecular formula is C18H16BrN3OS. The molecule has 0 bridgehead atoms. The van der Waals surface area contributed by atoms with Crippen molar-refractivity contribution >= 4 is 38.3 Å². The first-order valence-corrected chi connectivity index (χ1v) is 9.25. The van der Waals surface area contributed by atoms with Crippen molar-refractivity contribution in [1.29, 1.82) is 0 Å². The van der Waals surface area contributed by atoms with E-state index in [-0.39, 0.29) is 5.91 Å². The molecular weight excluding hydrogens is 386 g/mol. The predicted molar refractivity (Wildman–Crippen MR) is 100 cm³/mol. The lowest BCUT2D eigenvalue weighted by Crippen LogP contribution is -2.11. The van der Waals surface area contributed by atoms with E-state index in [0.717, 1.165) is 28.7 Å². The molecule has 122 valence electrons. The lowest BCUT2D eigenvalue weighted by Gasteiger charge is -2.01. The number of benzene rings is 2. The Morgan fingerprint density at radius 2 is 1.75 bits per heavy atom. The lowest BCUT2D eigenvalue weighted by atomic mass is 10.1. The molecule has 0 aliphatic rings. The van der Waals surface area contributed by atoms with E-state index in [1.807, 2.05) is 18.2 Å². The molecule has 2 aromatic carbocycles. The number of aromatic nitrogens is 2. The molecule has 0 saturated carbocycles. The standard InChI is InChI=1S/C18H16BrN3OS/c19-15-11-9-14(10-12-15)17(23)20-18-22-21-16(24-18)8-4-7-13-5-2-1-3-6-13/h1-3,5-6,9-12H,4,7-8H2,(H,20,22,23). The van der Waals surface area contributed by atoms with Crippen LogP contribution in [0.1, 0.15) is 27.3 Å². The van der Waals surface area contributed by atoms with Gasteiger partial charge in [-0.1, -0.05) is 57.6 Å². The third kappa shape index (κ3) is 4.72. The average molecular weight is 402 g/mol. The molecule has 0 fully saturated rings. The highest BCUT2D eigenvalue weighted by Crippen LogP contribution is 2.19. The molecule has 1 amide bonds. The van der Waals surface area contributed by atoms with Gasteiger partial charge < -0.3 is 0 Å². The van der Waals surface area contributed by atoms with Crippen LogP contribution >= 0.6 is 27.3 Å². The highest BCUT2D eigenvalue weighted by molar-refractivity contribution is 9.10. The molecule has 0 radical (unpaired) electrons. The van der Waals surface area contributed by atoms with E-state index in [4.69, 9.17) is 0 Å². The normalized spacial score (nSPS) is 10.5. The second kappa shape index (κ2) is 8.17. The number of anilines is 1. The lowest BCUT2D eigenvalue weighted by molar-refractivity contribution is 0.102. The number of rotatable bonds is 6. The van der Waals surface area contributed by atoms with Crippen LogP contribution in [0.5, 0.6) is 0 Å². The summed E-state index contributed by atoms with van der Waals surface area (Å²) in [5.74, 6) is -0.172. The number of hydrogen-bond acceptors (Lipinski definition) is 4. The maximum atomic E-state index is 12.1. The number of halogens is 1. The zero-order valence-corrected chi connectivity index (χ0v) is 15.3. The van der Waals surface area contributed by atoms with Crippen molar-refractivity contribution < 1.29 is 4.79 Å². The van der Waals surface area contributed by atoms with E-state index in [0.29, 0.717) is 10.7 Å². The Labute approximate surface area is 153 Å². The third-order valence-corrected chi connectivity index (χ3v) is 4.92. The number of carbonyl (C=O) groups excluding carboxylic acids is 1. The fourth-order valence-corrected chi connectivity index (χ4v) is 3.31. The van der Waals surface area contributed by atoms with Crippen molar-refractivity contribution in [1.82, 2.24) is 10.2 Å². The summed E-state index contributed by atoms with van der Waals surface area (Å²) in [6.45, 7) is 0. The minimum Gasteiger partial charge on any atom is -0.296 e. The van der Waals surface area contributed by atoms with Gasteiger partial charge in [-0.2, -0.15) is 0 Å². The maximum absolute atomic E-state index is 12.1. The zero-order valence-electron chi connectivity index (χ0n) is 12.9. The molecule has 0 saturated heterocycles. The Bertz CT molecular complexity index is 803. The van der Waals surface area contributed by atoms with Gasteiger partial charge in [-0.15, -0.1) is 10.2 Å². The highest BCUT2D eigenvalue weighted by atomic mass is 79.9. The molecule has 3 aromatic rings. The van der Waals surface area contributed by atoms with E-state index in [9.17, 15) is 4.79 Å². The summed E-state index contributed by atoms with van der Waals surface area (Å²) in [5, 5.41) is 12.5. The topological polar surface area (TPSA) is 54.9 Å². The van der Waals surface area contributed by atoms with Crippen molar-refractivity contribution in [3.63, 3.8) is 0 Å². The van der Waals surface area contributed by atoms with Crippen LogP contribution in [-0.4, -0.2) is 16.1 Å². The van der Waals surface area contributed by atoms with Gasteiger partial charge in [0, 0.05) is 16.5 Å². The van der Waals surface area contributed by atoms with Crippen molar-refractivity contribution in [2.75, 3.05) is 5.32 Å². The van der Waals surface area contributed by atoms with Crippen molar-refractivity contribution in [3.05, 3.63) is 75.2 Å². The highest BCUT2D eigenvalue weighted by Gasteiger charge is 2.10. The fourth-order valence-electron chi connectivity index (χ4n) is 2.26. The van der Waals surface area contributed by atoms with Crippen LogP contribution in [0.15, 0.2) is 59.1 Å². The Balaban J connectivity index is 1.51. The van der Waals surface area contributed by atoms with Crippen LogP contribution < -0.4 is 5.32 Å². The maximum Gasteiger partial charge on any atom is 0.257 e. The number of aryl methyl sites for hydroxylation is 2. The van der Waals surface area contributed by atoms with Crippen LogP contribution in [0.2, 0.25) is 0 Å². The second-order valence-corrected chi connectivity index (χ2v) is 7.28. The molecule has 0 atom stereocenters. The van der Waals surface area contributed by atoms with Gasteiger partial charge in [-0.3, -0.25) is 10.1 Å². The number of nitrogens with zero attached hydrogens (tertiary/aromatic N) is 2. The summed E-state index contributed by atoms with van der Waals surface area (Å²) in [6.07, 6.45) is 2.89. The largest absolute Gasteiger partial charge is 0.296 e. The fraction of sp³-hybridized carbons (Fsp3) is 0.167. The Morgan fingerprint density at radius 1 is 1.00 bits per heavy atom. The molecule has 1 aromatic heterocycles. The molecule has 1 N–H and O–H groups in total. The number of nitrogens with one attached hydrogen (secondary N) is 1. The van der Waals surface area contributed by atoms with E-state index < -0.39 is 0 Å². The third-order valence-electron chi connectivity index (χ3n) is 3.49. The summed E-state index contributed by atoms with van der Waals surface area (Å²) in [6, 6.07) is 17.6. The van der Waals surface area contributed by atoms with Crippen LogP contribution in [0.25, 0.3) is 0 Å².